The van der Waals surface area contributed by atoms with Crippen molar-refractivity contribution >= 4 is 5.97 Å². The van der Waals surface area contributed by atoms with Gasteiger partial charge in [-0.25, -0.2) is 4.79 Å². The zero-order valence-electron chi connectivity index (χ0n) is 9.04. The van der Waals surface area contributed by atoms with Crippen LogP contribution in [-0.4, -0.2) is 13.1 Å². The van der Waals surface area contributed by atoms with Gasteiger partial charge in [-0.15, -0.1) is 0 Å². The highest BCUT2D eigenvalue weighted by atomic mass is 16.5. The molecular formula is C11H20O2. The van der Waals surface area contributed by atoms with Crippen LogP contribution >= 0.6 is 0 Å². The highest BCUT2D eigenvalue weighted by Gasteiger charge is 2.04. The van der Waals surface area contributed by atoms with Crippen LogP contribution in [0, 0.1) is 11.8 Å². The lowest BCUT2D eigenvalue weighted by Gasteiger charge is -2.11. The molecule has 0 fully saturated rings. The number of rotatable bonds is 5. The number of methoxy groups -OCH3 is 1. The summed E-state index contributed by atoms with van der Waals surface area (Å²) in [6.07, 6.45) is 5.74. The topological polar surface area (TPSA) is 26.3 Å². The Morgan fingerprint density at radius 3 is 2.54 bits per heavy atom. The molecule has 0 spiro atoms. The molecule has 0 heterocycles. The standard InChI is InChI=1S/C11H20O2/c1-5-9(2)8-10(3)6-7-11(12)13-4/h6-7,9-10H,5,8H2,1-4H3/b7-6+. The Balaban J connectivity index is 3.79. The first-order valence-electron chi connectivity index (χ1n) is 4.86. The summed E-state index contributed by atoms with van der Waals surface area (Å²) >= 11 is 0. The normalized spacial score (nSPS) is 15.7. The van der Waals surface area contributed by atoms with Gasteiger partial charge in [0.15, 0.2) is 0 Å². The molecule has 2 atom stereocenters. The van der Waals surface area contributed by atoms with Crippen LogP contribution in [0.3, 0.4) is 0 Å². The van der Waals surface area contributed by atoms with E-state index in [1.807, 2.05) is 6.08 Å². The minimum absolute atomic E-state index is 0.268. The van der Waals surface area contributed by atoms with E-state index in [1.165, 1.54) is 19.6 Å². The minimum atomic E-state index is -0.268. The fourth-order valence-electron chi connectivity index (χ4n) is 1.19. The average molecular weight is 184 g/mol. The summed E-state index contributed by atoms with van der Waals surface area (Å²) in [6.45, 7) is 6.52. The fourth-order valence-corrected chi connectivity index (χ4v) is 1.19. The Morgan fingerprint density at radius 1 is 1.46 bits per heavy atom. The van der Waals surface area contributed by atoms with Gasteiger partial charge < -0.3 is 4.74 Å². The van der Waals surface area contributed by atoms with Crippen LogP contribution in [0.4, 0.5) is 0 Å². The molecule has 0 aromatic heterocycles. The average Bonchev–Trinajstić information content (AvgIpc) is 2.13. The van der Waals surface area contributed by atoms with Gasteiger partial charge in [0.25, 0.3) is 0 Å². The van der Waals surface area contributed by atoms with E-state index >= 15 is 0 Å². The molecule has 0 aliphatic rings. The molecule has 0 amide bonds. The van der Waals surface area contributed by atoms with Crippen molar-refractivity contribution in [2.75, 3.05) is 7.11 Å². The molecule has 2 nitrogen and oxygen atoms in total. The van der Waals surface area contributed by atoms with E-state index in [-0.39, 0.29) is 5.97 Å². The largest absolute Gasteiger partial charge is 0.466 e. The summed E-state index contributed by atoms with van der Waals surface area (Å²) in [5.74, 6) is 0.905. The van der Waals surface area contributed by atoms with Crippen LogP contribution < -0.4 is 0 Å². The number of ether oxygens (including phenoxy) is 1. The van der Waals surface area contributed by atoms with Crippen LogP contribution in [0.5, 0.6) is 0 Å². The lowest BCUT2D eigenvalue weighted by molar-refractivity contribution is -0.134. The molecule has 0 radical (unpaired) electrons. The number of esters is 1. The van der Waals surface area contributed by atoms with Gasteiger partial charge in [0.05, 0.1) is 7.11 Å². The lowest BCUT2D eigenvalue weighted by atomic mass is 9.95. The first-order valence-corrected chi connectivity index (χ1v) is 4.86. The molecule has 76 valence electrons. The number of carbonyl (C=O) groups excluding carboxylic acids is 1. The fraction of sp³-hybridized carbons (Fsp3) is 0.727. The molecule has 2 unspecified atom stereocenters. The van der Waals surface area contributed by atoms with Gasteiger partial charge in [0.2, 0.25) is 0 Å². The second kappa shape index (κ2) is 6.70. The zero-order valence-corrected chi connectivity index (χ0v) is 9.04. The third-order valence-corrected chi connectivity index (χ3v) is 2.23. The number of allylic oxidation sites excluding steroid dienone is 1. The third kappa shape index (κ3) is 6.38. The van der Waals surface area contributed by atoms with Crippen LogP contribution in [0.25, 0.3) is 0 Å². The van der Waals surface area contributed by atoms with Crippen molar-refractivity contribution in [3.63, 3.8) is 0 Å². The van der Waals surface area contributed by atoms with E-state index in [4.69, 9.17) is 0 Å². The monoisotopic (exact) mass is 184 g/mol. The maximum absolute atomic E-state index is 10.8. The van der Waals surface area contributed by atoms with Gasteiger partial charge in [-0.05, 0) is 18.3 Å². The second-order valence-electron chi connectivity index (χ2n) is 3.61. The molecule has 0 saturated carbocycles. The molecule has 2 heteroatoms. The first-order chi connectivity index (χ1) is 6.10. The highest BCUT2D eigenvalue weighted by Crippen LogP contribution is 2.15. The smallest absolute Gasteiger partial charge is 0.330 e. The quantitative estimate of drug-likeness (QED) is 0.485. The van der Waals surface area contributed by atoms with E-state index in [0.29, 0.717) is 5.92 Å². The van der Waals surface area contributed by atoms with Gasteiger partial charge in [-0.2, -0.15) is 0 Å². The number of hydrogen-bond donors (Lipinski definition) is 0. The Morgan fingerprint density at radius 2 is 2.08 bits per heavy atom. The number of carbonyl (C=O) groups is 1. The molecule has 0 aliphatic heterocycles. The maximum Gasteiger partial charge on any atom is 0.330 e. The van der Waals surface area contributed by atoms with Crippen LogP contribution in [-0.2, 0) is 9.53 Å². The summed E-state index contributed by atoms with van der Waals surface area (Å²) in [5.41, 5.74) is 0. The SMILES string of the molecule is CCC(C)CC(C)/C=C/C(=O)OC. The van der Waals surface area contributed by atoms with E-state index in [0.717, 1.165) is 12.3 Å². The van der Waals surface area contributed by atoms with Crippen molar-refractivity contribution in [2.24, 2.45) is 11.8 Å². The molecule has 0 aromatic carbocycles. The summed E-state index contributed by atoms with van der Waals surface area (Å²) in [6, 6.07) is 0. The minimum Gasteiger partial charge on any atom is -0.466 e. The van der Waals surface area contributed by atoms with Crippen molar-refractivity contribution in [3.05, 3.63) is 12.2 Å². The van der Waals surface area contributed by atoms with Crippen molar-refractivity contribution in [2.45, 2.75) is 33.6 Å². The van der Waals surface area contributed by atoms with Crippen LogP contribution in [0.15, 0.2) is 12.2 Å². The molecule has 0 N–H and O–H groups in total. The Hall–Kier alpha value is -0.790. The second-order valence-corrected chi connectivity index (χ2v) is 3.61. The molecule has 0 aromatic rings. The number of hydrogen-bond acceptors (Lipinski definition) is 2. The summed E-state index contributed by atoms with van der Waals surface area (Å²) < 4.78 is 4.51. The molecule has 0 saturated heterocycles. The predicted molar refractivity (Wildman–Crippen MR) is 54.4 cm³/mol. The lowest BCUT2D eigenvalue weighted by Crippen LogP contribution is -2.01. The third-order valence-electron chi connectivity index (χ3n) is 2.23. The summed E-state index contributed by atoms with van der Waals surface area (Å²) in [7, 11) is 1.39. The van der Waals surface area contributed by atoms with E-state index < -0.39 is 0 Å². The molecule has 13 heavy (non-hydrogen) atoms. The van der Waals surface area contributed by atoms with E-state index in [2.05, 4.69) is 25.5 Å². The van der Waals surface area contributed by atoms with Gasteiger partial charge in [0.1, 0.15) is 0 Å². The zero-order chi connectivity index (χ0) is 10.3. The summed E-state index contributed by atoms with van der Waals surface area (Å²) in [5, 5.41) is 0. The van der Waals surface area contributed by atoms with Crippen LogP contribution in [0.2, 0.25) is 0 Å². The Kier molecular flexibility index (Phi) is 6.29. The maximum atomic E-state index is 10.8. The Bertz CT molecular complexity index is 173. The van der Waals surface area contributed by atoms with Crippen molar-refractivity contribution in [1.29, 1.82) is 0 Å². The molecule has 0 aliphatic carbocycles. The van der Waals surface area contributed by atoms with Gasteiger partial charge in [0, 0.05) is 6.08 Å². The van der Waals surface area contributed by atoms with Gasteiger partial charge >= 0.3 is 5.97 Å². The van der Waals surface area contributed by atoms with Crippen molar-refractivity contribution in [1.82, 2.24) is 0 Å². The van der Waals surface area contributed by atoms with Gasteiger partial charge in [-0.3, -0.25) is 0 Å². The first kappa shape index (κ1) is 12.2. The van der Waals surface area contributed by atoms with Crippen molar-refractivity contribution in [3.8, 4) is 0 Å². The highest BCUT2D eigenvalue weighted by molar-refractivity contribution is 5.81. The summed E-state index contributed by atoms with van der Waals surface area (Å²) in [4.78, 5) is 10.8. The van der Waals surface area contributed by atoms with Gasteiger partial charge in [-0.1, -0.05) is 33.3 Å². The molecule has 0 bridgehead atoms. The van der Waals surface area contributed by atoms with E-state index in [9.17, 15) is 4.79 Å². The molecule has 0 rings (SSSR count). The van der Waals surface area contributed by atoms with Crippen molar-refractivity contribution < 1.29 is 9.53 Å². The molecular weight excluding hydrogens is 164 g/mol. The van der Waals surface area contributed by atoms with Crippen LogP contribution in [0.1, 0.15) is 33.6 Å². The van der Waals surface area contributed by atoms with E-state index in [1.54, 1.807) is 0 Å². The Labute approximate surface area is 81.0 Å². The predicted octanol–water partition coefficient (Wildman–Crippen LogP) is 2.79.